The molecule has 0 spiro atoms. The molecule has 0 radical (unpaired) electrons. The number of carboxylic acid groups (broad SMARTS) is 1. The Morgan fingerprint density at radius 1 is 1.28 bits per heavy atom. The Hall–Kier alpha value is -1.49. The quantitative estimate of drug-likeness (QED) is 0.878. The minimum Gasteiger partial charge on any atom is -0.481 e. The highest BCUT2D eigenvalue weighted by molar-refractivity contribution is 8.00. The van der Waals surface area contributed by atoms with Gasteiger partial charge in [-0.3, -0.25) is 9.59 Å². The van der Waals surface area contributed by atoms with Crippen molar-refractivity contribution in [3.63, 3.8) is 0 Å². The molecule has 2 unspecified atom stereocenters. The van der Waals surface area contributed by atoms with Gasteiger partial charge in [0, 0.05) is 22.8 Å². The van der Waals surface area contributed by atoms with Gasteiger partial charge in [-0.05, 0) is 37.1 Å². The molecule has 2 N–H and O–H groups in total. The first-order valence-corrected chi connectivity index (χ1v) is 6.71. The second kappa shape index (κ2) is 5.44. The summed E-state index contributed by atoms with van der Waals surface area (Å²) < 4.78 is 0. The van der Waals surface area contributed by atoms with Crippen molar-refractivity contribution in [3.8, 4) is 0 Å². The van der Waals surface area contributed by atoms with Gasteiger partial charge < -0.3 is 10.4 Å². The summed E-state index contributed by atoms with van der Waals surface area (Å²) >= 11 is 1.60. The van der Waals surface area contributed by atoms with Crippen LogP contribution in [0.5, 0.6) is 0 Å². The molecule has 0 bridgehead atoms. The maximum absolute atomic E-state index is 10.9. The number of rotatable bonds is 4. The molecule has 2 atom stereocenters. The molecule has 2 rings (SSSR count). The Kier molecular flexibility index (Phi) is 3.91. The average molecular weight is 265 g/mol. The summed E-state index contributed by atoms with van der Waals surface area (Å²) in [5, 5.41) is 11.8. The number of nitrogens with one attached hydrogen (secondary N) is 1. The van der Waals surface area contributed by atoms with Gasteiger partial charge in [0.1, 0.15) is 0 Å². The monoisotopic (exact) mass is 265 g/mol. The minimum atomic E-state index is -0.700. The maximum Gasteiger partial charge on any atom is 0.307 e. The highest BCUT2D eigenvalue weighted by Crippen LogP contribution is 2.41. The molecule has 1 aromatic rings. The van der Waals surface area contributed by atoms with Crippen LogP contribution in [-0.4, -0.2) is 22.2 Å². The molecule has 1 fully saturated rings. The van der Waals surface area contributed by atoms with Crippen LogP contribution in [0, 0.1) is 5.92 Å². The lowest BCUT2D eigenvalue weighted by atomic mass is 9.85. The fourth-order valence-corrected chi connectivity index (χ4v) is 3.20. The Labute approximate surface area is 110 Å². The molecule has 4 nitrogen and oxygen atoms in total. The first-order chi connectivity index (χ1) is 8.56. The standard InChI is InChI=1S/C13H15NO3S/c1-8(15)14-9-2-4-10(5-3-9)18-12-7-6-11(12)13(16)17/h2-5,11-12H,6-7H2,1H3,(H,14,15)(H,16,17). The van der Waals surface area contributed by atoms with E-state index in [1.807, 2.05) is 24.3 Å². The fourth-order valence-electron chi connectivity index (χ4n) is 1.89. The van der Waals surface area contributed by atoms with Gasteiger partial charge in [-0.15, -0.1) is 11.8 Å². The number of carboxylic acids is 1. The zero-order chi connectivity index (χ0) is 13.1. The molecule has 0 aliphatic heterocycles. The van der Waals surface area contributed by atoms with Crippen molar-refractivity contribution < 1.29 is 14.7 Å². The second-order valence-electron chi connectivity index (χ2n) is 4.38. The van der Waals surface area contributed by atoms with E-state index in [1.54, 1.807) is 11.8 Å². The normalized spacial score (nSPS) is 22.1. The Morgan fingerprint density at radius 3 is 2.39 bits per heavy atom. The molecule has 0 saturated heterocycles. The van der Waals surface area contributed by atoms with Gasteiger partial charge in [-0.25, -0.2) is 0 Å². The van der Waals surface area contributed by atoms with Gasteiger partial charge in [0.15, 0.2) is 0 Å². The fraction of sp³-hybridized carbons (Fsp3) is 0.385. The molecular weight excluding hydrogens is 250 g/mol. The van der Waals surface area contributed by atoms with Gasteiger partial charge in [-0.1, -0.05) is 0 Å². The topological polar surface area (TPSA) is 66.4 Å². The summed E-state index contributed by atoms with van der Waals surface area (Å²) in [4.78, 5) is 22.8. The third-order valence-corrected chi connectivity index (χ3v) is 4.40. The van der Waals surface area contributed by atoms with E-state index < -0.39 is 5.97 Å². The number of hydrogen-bond donors (Lipinski definition) is 2. The van der Waals surface area contributed by atoms with Crippen LogP contribution in [-0.2, 0) is 9.59 Å². The van der Waals surface area contributed by atoms with E-state index in [0.717, 1.165) is 23.4 Å². The van der Waals surface area contributed by atoms with Crippen molar-refractivity contribution in [2.45, 2.75) is 29.9 Å². The van der Waals surface area contributed by atoms with Gasteiger partial charge in [0.2, 0.25) is 5.91 Å². The van der Waals surface area contributed by atoms with Gasteiger partial charge in [0.25, 0.3) is 0 Å². The van der Waals surface area contributed by atoms with Crippen molar-refractivity contribution in [1.29, 1.82) is 0 Å². The lowest BCUT2D eigenvalue weighted by Gasteiger charge is -2.32. The van der Waals surface area contributed by atoms with Crippen LogP contribution in [0.25, 0.3) is 0 Å². The Bertz CT molecular complexity index is 458. The third kappa shape index (κ3) is 3.04. The van der Waals surface area contributed by atoms with Crippen molar-refractivity contribution in [2.24, 2.45) is 5.92 Å². The molecule has 0 aromatic heterocycles. The van der Waals surface area contributed by atoms with Gasteiger partial charge in [-0.2, -0.15) is 0 Å². The maximum atomic E-state index is 10.9. The summed E-state index contributed by atoms with van der Waals surface area (Å²) in [6.45, 7) is 1.47. The largest absolute Gasteiger partial charge is 0.481 e. The third-order valence-electron chi connectivity index (χ3n) is 2.99. The molecule has 96 valence electrons. The zero-order valence-electron chi connectivity index (χ0n) is 10.1. The molecule has 0 heterocycles. The summed E-state index contributed by atoms with van der Waals surface area (Å²) in [6.07, 6.45) is 1.73. The van der Waals surface area contributed by atoms with Crippen LogP contribution in [0.15, 0.2) is 29.2 Å². The number of aliphatic carboxylic acids is 1. The highest BCUT2D eigenvalue weighted by Gasteiger charge is 2.37. The van der Waals surface area contributed by atoms with Crippen LogP contribution in [0.4, 0.5) is 5.69 Å². The lowest BCUT2D eigenvalue weighted by molar-refractivity contribution is -0.144. The molecule has 1 aliphatic carbocycles. The highest BCUT2D eigenvalue weighted by atomic mass is 32.2. The first kappa shape index (κ1) is 13.0. The molecule has 1 aliphatic rings. The summed E-state index contributed by atoms with van der Waals surface area (Å²) in [5.41, 5.74) is 0.759. The van der Waals surface area contributed by atoms with E-state index in [0.29, 0.717) is 0 Å². The number of carbonyl (C=O) groups excluding carboxylic acids is 1. The number of carbonyl (C=O) groups is 2. The molecule has 1 saturated carbocycles. The van der Waals surface area contributed by atoms with Crippen LogP contribution >= 0.6 is 11.8 Å². The molecule has 1 aromatic carbocycles. The van der Waals surface area contributed by atoms with Gasteiger partial charge in [0.05, 0.1) is 5.92 Å². The van der Waals surface area contributed by atoms with E-state index in [9.17, 15) is 9.59 Å². The molecule has 1 amide bonds. The molecule has 18 heavy (non-hydrogen) atoms. The van der Waals surface area contributed by atoms with Crippen LogP contribution in [0.2, 0.25) is 0 Å². The number of anilines is 1. The van der Waals surface area contributed by atoms with Crippen LogP contribution in [0.1, 0.15) is 19.8 Å². The van der Waals surface area contributed by atoms with Crippen molar-refractivity contribution in [2.75, 3.05) is 5.32 Å². The van der Waals surface area contributed by atoms with Crippen molar-refractivity contribution >= 4 is 29.3 Å². The van der Waals surface area contributed by atoms with E-state index in [-0.39, 0.29) is 17.1 Å². The predicted molar refractivity (Wildman–Crippen MR) is 70.8 cm³/mol. The molecular formula is C13H15NO3S. The Morgan fingerprint density at radius 2 is 1.94 bits per heavy atom. The minimum absolute atomic E-state index is 0.0969. The van der Waals surface area contributed by atoms with E-state index >= 15 is 0 Å². The van der Waals surface area contributed by atoms with Crippen molar-refractivity contribution in [1.82, 2.24) is 0 Å². The zero-order valence-corrected chi connectivity index (χ0v) is 10.9. The van der Waals surface area contributed by atoms with Crippen molar-refractivity contribution in [3.05, 3.63) is 24.3 Å². The summed E-state index contributed by atoms with van der Waals surface area (Å²) in [7, 11) is 0. The number of benzene rings is 1. The van der Waals surface area contributed by atoms with Crippen LogP contribution < -0.4 is 5.32 Å². The summed E-state index contributed by atoms with van der Waals surface area (Å²) in [6, 6.07) is 7.48. The molecule has 5 heteroatoms. The lowest BCUT2D eigenvalue weighted by Crippen LogP contribution is -2.35. The number of hydrogen-bond acceptors (Lipinski definition) is 3. The van der Waals surface area contributed by atoms with E-state index in [4.69, 9.17) is 5.11 Å². The smallest absolute Gasteiger partial charge is 0.307 e. The predicted octanol–water partition coefficient (Wildman–Crippen LogP) is 2.60. The number of amides is 1. The number of thioether (sulfide) groups is 1. The Balaban J connectivity index is 1.94. The summed E-state index contributed by atoms with van der Waals surface area (Å²) in [5.74, 6) is -1.01. The first-order valence-electron chi connectivity index (χ1n) is 5.83. The second-order valence-corrected chi connectivity index (χ2v) is 5.70. The van der Waals surface area contributed by atoms with E-state index in [1.165, 1.54) is 6.92 Å². The van der Waals surface area contributed by atoms with E-state index in [2.05, 4.69) is 5.32 Å². The van der Waals surface area contributed by atoms with Crippen LogP contribution in [0.3, 0.4) is 0 Å². The SMILES string of the molecule is CC(=O)Nc1ccc(SC2CCC2C(=O)O)cc1. The van der Waals surface area contributed by atoms with Gasteiger partial charge >= 0.3 is 5.97 Å². The average Bonchev–Trinajstić information content (AvgIpc) is 2.25.